The summed E-state index contributed by atoms with van der Waals surface area (Å²) in [6.45, 7) is 7.04. The molecule has 94 valence electrons. The van der Waals surface area contributed by atoms with Crippen molar-refractivity contribution in [3.05, 3.63) is 27.3 Å². The number of aryl methyl sites for hydroxylation is 1. The minimum atomic E-state index is -0.476. The van der Waals surface area contributed by atoms with Crippen LogP contribution in [0.3, 0.4) is 0 Å². The van der Waals surface area contributed by atoms with Crippen LogP contribution in [0.2, 0.25) is 0 Å². The molecule has 1 aromatic rings. The van der Waals surface area contributed by atoms with Gasteiger partial charge in [0.05, 0.1) is 6.61 Å². The van der Waals surface area contributed by atoms with Crippen LogP contribution in [0.15, 0.2) is 18.2 Å². The van der Waals surface area contributed by atoms with Crippen molar-refractivity contribution in [2.24, 2.45) is 0 Å². The van der Waals surface area contributed by atoms with Crippen LogP contribution in [-0.4, -0.2) is 25.1 Å². The van der Waals surface area contributed by atoms with Gasteiger partial charge in [0.2, 0.25) is 0 Å². The molecular formula is C13H17IO3. The van der Waals surface area contributed by atoms with Gasteiger partial charge in [-0.2, -0.15) is 0 Å². The summed E-state index contributed by atoms with van der Waals surface area (Å²) in [6.07, 6.45) is 0.0181. The first kappa shape index (κ1) is 13.1. The third-order valence-corrected chi connectivity index (χ3v) is 3.84. The molecule has 3 nitrogen and oxygen atoms in total. The van der Waals surface area contributed by atoms with Crippen LogP contribution in [0.4, 0.5) is 0 Å². The zero-order valence-electron chi connectivity index (χ0n) is 10.3. The molecule has 0 N–H and O–H groups in total. The highest BCUT2D eigenvalue weighted by Crippen LogP contribution is 2.24. The van der Waals surface area contributed by atoms with Gasteiger partial charge in [-0.15, -0.1) is 0 Å². The molecule has 1 aromatic carbocycles. The summed E-state index contributed by atoms with van der Waals surface area (Å²) in [5.41, 5.74) is 1.23. The van der Waals surface area contributed by atoms with Gasteiger partial charge in [0, 0.05) is 3.57 Å². The molecule has 0 spiro atoms. The average molecular weight is 348 g/mol. The van der Waals surface area contributed by atoms with E-state index in [1.807, 2.05) is 26.0 Å². The lowest BCUT2D eigenvalue weighted by molar-refractivity contribution is -0.141. The van der Waals surface area contributed by atoms with E-state index in [4.69, 9.17) is 14.2 Å². The fourth-order valence-corrected chi connectivity index (χ4v) is 2.08. The van der Waals surface area contributed by atoms with Crippen LogP contribution in [0.5, 0.6) is 5.75 Å². The normalized spacial score (nSPS) is 22.7. The highest BCUT2D eigenvalue weighted by atomic mass is 127. The molecular weight excluding hydrogens is 331 g/mol. The Morgan fingerprint density at radius 3 is 2.82 bits per heavy atom. The van der Waals surface area contributed by atoms with Crippen molar-refractivity contribution >= 4 is 22.6 Å². The second kappa shape index (κ2) is 5.12. The molecule has 17 heavy (non-hydrogen) atoms. The number of ether oxygens (including phenoxy) is 3. The van der Waals surface area contributed by atoms with Gasteiger partial charge in [0.15, 0.2) is 5.79 Å². The molecule has 0 unspecified atom stereocenters. The van der Waals surface area contributed by atoms with Crippen molar-refractivity contribution < 1.29 is 14.2 Å². The van der Waals surface area contributed by atoms with Crippen LogP contribution in [0.25, 0.3) is 0 Å². The van der Waals surface area contributed by atoms with Crippen molar-refractivity contribution in [1.29, 1.82) is 0 Å². The quantitative estimate of drug-likeness (QED) is 0.786. The molecule has 1 saturated heterocycles. The first-order chi connectivity index (χ1) is 7.96. The van der Waals surface area contributed by atoms with Gasteiger partial charge >= 0.3 is 0 Å². The number of halogens is 1. The fraction of sp³-hybridized carbons (Fsp3) is 0.538. The van der Waals surface area contributed by atoms with Crippen molar-refractivity contribution in [2.45, 2.75) is 32.7 Å². The van der Waals surface area contributed by atoms with Gasteiger partial charge in [-0.05, 0) is 67.1 Å². The Kier molecular flexibility index (Phi) is 3.95. The van der Waals surface area contributed by atoms with E-state index in [0.29, 0.717) is 13.2 Å². The van der Waals surface area contributed by atoms with Gasteiger partial charge < -0.3 is 14.2 Å². The Hall–Kier alpha value is -0.330. The third-order valence-electron chi connectivity index (χ3n) is 2.63. The molecule has 2 rings (SSSR count). The molecule has 0 aliphatic carbocycles. The maximum Gasteiger partial charge on any atom is 0.163 e. The smallest absolute Gasteiger partial charge is 0.163 e. The van der Waals surface area contributed by atoms with Crippen molar-refractivity contribution in [1.82, 2.24) is 0 Å². The molecule has 0 bridgehead atoms. The van der Waals surface area contributed by atoms with Crippen LogP contribution < -0.4 is 4.74 Å². The van der Waals surface area contributed by atoms with E-state index in [1.54, 1.807) is 0 Å². The van der Waals surface area contributed by atoms with Crippen LogP contribution in [0.1, 0.15) is 19.4 Å². The van der Waals surface area contributed by atoms with Crippen molar-refractivity contribution in [2.75, 3.05) is 13.2 Å². The summed E-state index contributed by atoms with van der Waals surface area (Å²) in [4.78, 5) is 0. The number of rotatable bonds is 3. The minimum absolute atomic E-state index is 0.0181. The highest BCUT2D eigenvalue weighted by molar-refractivity contribution is 14.1. The van der Waals surface area contributed by atoms with Crippen molar-refractivity contribution in [3.8, 4) is 5.75 Å². The molecule has 1 aliphatic heterocycles. The number of hydrogen-bond donors (Lipinski definition) is 0. The van der Waals surface area contributed by atoms with E-state index in [-0.39, 0.29) is 6.10 Å². The molecule has 1 atom stereocenters. The Morgan fingerprint density at radius 1 is 1.47 bits per heavy atom. The van der Waals surface area contributed by atoms with Crippen LogP contribution in [-0.2, 0) is 9.47 Å². The van der Waals surface area contributed by atoms with Gasteiger partial charge in [-0.3, -0.25) is 0 Å². The van der Waals surface area contributed by atoms with E-state index >= 15 is 0 Å². The largest absolute Gasteiger partial charge is 0.491 e. The third kappa shape index (κ3) is 3.56. The maximum atomic E-state index is 5.71. The fourth-order valence-electron chi connectivity index (χ4n) is 1.74. The summed E-state index contributed by atoms with van der Waals surface area (Å²) < 4.78 is 18.1. The first-order valence-corrected chi connectivity index (χ1v) is 6.75. The summed E-state index contributed by atoms with van der Waals surface area (Å²) >= 11 is 2.31. The number of benzene rings is 1. The van der Waals surface area contributed by atoms with Gasteiger partial charge in [0.25, 0.3) is 0 Å². The molecule has 0 aromatic heterocycles. The molecule has 4 heteroatoms. The minimum Gasteiger partial charge on any atom is -0.491 e. The van der Waals surface area contributed by atoms with Crippen LogP contribution in [0, 0.1) is 10.5 Å². The lowest BCUT2D eigenvalue weighted by atomic mass is 10.2. The molecule has 1 heterocycles. The standard InChI is InChI=1S/C13H17IO3/c1-9-6-10(4-5-12(9)14)15-7-11-8-16-13(2,3)17-11/h4-6,11H,7-8H2,1-3H3/t11-/m0/s1. The zero-order chi connectivity index (χ0) is 12.5. The Balaban J connectivity index is 1.88. The maximum absolute atomic E-state index is 5.71. The zero-order valence-corrected chi connectivity index (χ0v) is 12.5. The van der Waals surface area contributed by atoms with E-state index < -0.39 is 5.79 Å². The summed E-state index contributed by atoms with van der Waals surface area (Å²) in [5.74, 6) is 0.409. The Labute approximate surface area is 116 Å². The average Bonchev–Trinajstić information content (AvgIpc) is 2.60. The second-order valence-electron chi connectivity index (χ2n) is 4.67. The SMILES string of the molecule is Cc1cc(OC[C@H]2COC(C)(C)O2)ccc1I. The lowest BCUT2D eigenvalue weighted by Gasteiger charge is -2.17. The van der Waals surface area contributed by atoms with Gasteiger partial charge in [-0.25, -0.2) is 0 Å². The van der Waals surface area contributed by atoms with E-state index in [0.717, 1.165) is 5.75 Å². The second-order valence-corrected chi connectivity index (χ2v) is 5.83. The molecule has 0 saturated carbocycles. The monoisotopic (exact) mass is 348 g/mol. The number of hydrogen-bond acceptors (Lipinski definition) is 3. The molecule has 0 amide bonds. The highest BCUT2D eigenvalue weighted by Gasteiger charge is 2.32. The molecule has 1 fully saturated rings. The summed E-state index contributed by atoms with van der Waals surface area (Å²) in [6, 6.07) is 6.08. The van der Waals surface area contributed by atoms with Crippen molar-refractivity contribution in [3.63, 3.8) is 0 Å². The van der Waals surface area contributed by atoms with Crippen LogP contribution >= 0.6 is 22.6 Å². The van der Waals surface area contributed by atoms with E-state index in [9.17, 15) is 0 Å². The van der Waals surface area contributed by atoms with Gasteiger partial charge in [-0.1, -0.05) is 0 Å². The molecule has 0 radical (unpaired) electrons. The molecule has 1 aliphatic rings. The predicted molar refractivity (Wildman–Crippen MR) is 74.3 cm³/mol. The first-order valence-electron chi connectivity index (χ1n) is 5.67. The summed E-state index contributed by atoms with van der Waals surface area (Å²) in [5, 5.41) is 0. The summed E-state index contributed by atoms with van der Waals surface area (Å²) in [7, 11) is 0. The lowest BCUT2D eigenvalue weighted by Crippen LogP contribution is -2.25. The van der Waals surface area contributed by atoms with E-state index in [1.165, 1.54) is 9.13 Å². The van der Waals surface area contributed by atoms with E-state index in [2.05, 4.69) is 35.6 Å². The Morgan fingerprint density at radius 2 is 2.24 bits per heavy atom. The van der Waals surface area contributed by atoms with Gasteiger partial charge in [0.1, 0.15) is 18.5 Å². The topological polar surface area (TPSA) is 27.7 Å². The predicted octanol–water partition coefficient (Wildman–Crippen LogP) is 3.13. The Bertz CT molecular complexity index is 404.